The molecule has 0 bridgehead atoms. The van der Waals surface area contributed by atoms with Crippen LogP contribution < -0.4 is 0 Å². The first-order chi connectivity index (χ1) is 7.44. The molecule has 6 heteroatoms. The molecule has 6 nitrogen and oxygen atoms in total. The van der Waals surface area contributed by atoms with E-state index in [-0.39, 0.29) is 0 Å². The van der Waals surface area contributed by atoms with Gasteiger partial charge in [-0.15, -0.1) is 0 Å². The Morgan fingerprint density at radius 1 is 0.812 bits per heavy atom. The van der Waals surface area contributed by atoms with Gasteiger partial charge in [-0.05, 0) is 12.8 Å². The molecule has 0 heterocycles. The van der Waals surface area contributed by atoms with Gasteiger partial charge in [0.05, 0.1) is 11.8 Å². The number of aliphatic hydroxyl groups excluding tert-OH is 2. The van der Waals surface area contributed by atoms with Crippen molar-refractivity contribution in [3.63, 3.8) is 0 Å². The first kappa shape index (κ1) is 17.6. The Bertz CT molecular complexity index is 160. The molecule has 0 rings (SSSR count). The predicted molar refractivity (Wildman–Crippen MR) is 56.1 cm³/mol. The molecule has 0 spiro atoms. The summed E-state index contributed by atoms with van der Waals surface area (Å²) in [7, 11) is 0. The monoisotopic (exact) mass is 236 g/mol. The Balaban J connectivity index is 0. The average Bonchev–Trinajstić information content (AvgIpc) is 2.21. The number of aliphatic hydroxyl groups is 4. The van der Waals surface area contributed by atoms with Crippen molar-refractivity contribution in [2.75, 3.05) is 0 Å². The van der Waals surface area contributed by atoms with Crippen molar-refractivity contribution in [3.05, 3.63) is 0 Å². The molecule has 96 valence electrons. The minimum absolute atomic E-state index is 0.473. The molecule has 0 fully saturated rings. The number of rotatable bonds is 6. The Kier molecular flexibility index (Phi) is 11.7. The molecule has 0 aliphatic carbocycles. The van der Waals surface area contributed by atoms with E-state index < -0.39 is 24.4 Å². The summed E-state index contributed by atoms with van der Waals surface area (Å²) >= 11 is 0. The molecule has 0 amide bonds. The first-order valence-electron chi connectivity index (χ1n) is 5.07. The lowest BCUT2D eigenvalue weighted by Crippen LogP contribution is -2.19. The van der Waals surface area contributed by atoms with Crippen LogP contribution in [0.25, 0.3) is 0 Å². The minimum Gasteiger partial charge on any atom is -0.368 e. The fourth-order valence-electron chi connectivity index (χ4n) is 0.755. The lowest BCUT2D eigenvalue weighted by Gasteiger charge is -2.07. The Hall–Kier alpha value is -0.820. The summed E-state index contributed by atoms with van der Waals surface area (Å²) in [6.07, 6.45) is -0.938. The number of hydrogen-bond acceptors (Lipinski definition) is 6. The highest BCUT2D eigenvalue weighted by atomic mass is 16.5. The summed E-state index contributed by atoms with van der Waals surface area (Å²) in [5.41, 5.74) is 0. The van der Waals surface area contributed by atoms with Crippen LogP contribution in [0.4, 0.5) is 0 Å². The van der Waals surface area contributed by atoms with Gasteiger partial charge in [0.15, 0.2) is 12.6 Å². The smallest absolute Gasteiger partial charge is 0.160 e. The lowest BCUT2D eigenvalue weighted by atomic mass is 10.1. The van der Waals surface area contributed by atoms with E-state index in [1.807, 2.05) is 0 Å². The molecule has 2 unspecified atom stereocenters. The maximum Gasteiger partial charge on any atom is 0.160 e. The lowest BCUT2D eigenvalue weighted by molar-refractivity contribution is -0.129. The van der Waals surface area contributed by atoms with Gasteiger partial charge in [-0.1, -0.05) is 13.8 Å². The molecule has 0 aromatic rings. The summed E-state index contributed by atoms with van der Waals surface area (Å²) < 4.78 is 0. The second kappa shape index (κ2) is 10.7. The fourth-order valence-corrected chi connectivity index (χ4v) is 0.755. The molecule has 0 aliphatic heterocycles. The maximum atomic E-state index is 9.86. The Morgan fingerprint density at radius 2 is 1.06 bits per heavy atom. The van der Waals surface area contributed by atoms with Gasteiger partial charge in [-0.2, -0.15) is 0 Å². The van der Waals surface area contributed by atoms with E-state index in [1.54, 1.807) is 13.8 Å². The largest absolute Gasteiger partial charge is 0.368 e. The number of carbonyl (C=O) groups is 2. The van der Waals surface area contributed by atoms with Gasteiger partial charge in [-0.3, -0.25) is 0 Å². The van der Waals surface area contributed by atoms with Crippen molar-refractivity contribution in [2.45, 2.75) is 39.3 Å². The highest BCUT2D eigenvalue weighted by Gasteiger charge is 2.11. The zero-order chi connectivity index (χ0) is 13.1. The van der Waals surface area contributed by atoms with E-state index in [9.17, 15) is 9.59 Å². The molecule has 2 atom stereocenters. The highest BCUT2D eigenvalue weighted by molar-refractivity contribution is 5.54. The first-order valence-corrected chi connectivity index (χ1v) is 5.07. The van der Waals surface area contributed by atoms with Gasteiger partial charge in [0.1, 0.15) is 12.6 Å². The molecule has 0 saturated heterocycles. The van der Waals surface area contributed by atoms with Gasteiger partial charge < -0.3 is 30.0 Å². The molecule has 0 aromatic carbocycles. The van der Waals surface area contributed by atoms with Gasteiger partial charge in [-0.25, -0.2) is 0 Å². The summed E-state index contributed by atoms with van der Waals surface area (Å²) in [6.45, 7) is 3.44. The van der Waals surface area contributed by atoms with Gasteiger partial charge in [0, 0.05) is 0 Å². The van der Waals surface area contributed by atoms with Crippen molar-refractivity contribution < 1.29 is 30.0 Å². The molecular formula is C10H20O6. The third-order valence-electron chi connectivity index (χ3n) is 2.06. The average molecular weight is 236 g/mol. The molecule has 16 heavy (non-hydrogen) atoms. The van der Waals surface area contributed by atoms with Crippen molar-refractivity contribution in [3.8, 4) is 0 Å². The third kappa shape index (κ3) is 8.49. The highest BCUT2D eigenvalue weighted by Crippen LogP contribution is 2.01. The standard InChI is InChI=1S/2C5H10O3/c2*1-2-4(3-6)5(7)8/h2*3-5,7-8H,2H2,1H3. The Morgan fingerprint density at radius 3 is 1.06 bits per heavy atom. The molecule has 0 aliphatic rings. The van der Waals surface area contributed by atoms with Crippen LogP contribution in [0.2, 0.25) is 0 Å². The zero-order valence-corrected chi connectivity index (χ0v) is 9.48. The fraction of sp³-hybridized carbons (Fsp3) is 0.800. The summed E-state index contributed by atoms with van der Waals surface area (Å²) in [4.78, 5) is 19.7. The molecule has 0 radical (unpaired) electrons. The van der Waals surface area contributed by atoms with Crippen LogP contribution in [0.3, 0.4) is 0 Å². The van der Waals surface area contributed by atoms with E-state index in [4.69, 9.17) is 20.4 Å². The van der Waals surface area contributed by atoms with E-state index in [1.165, 1.54) is 0 Å². The van der Waals surface area contributed by atoms with Crippen LogP contribution in [0.5, 0.6) is 0 Å². The van der Waals surface area contributed by atoms with Crippen molar-refractivity contribution >= 4 is 12.6 Å². The molecular weight excluding hydrogens is 216 g/mol. The van der Waals surface area contributed by atoms with Crippen LogP contribution >= 0.6 is 0 Å². The molecule has 0 aromatic heterocycles. The van der Waals surface area contributed by atoms with Crippen LogP contribution in [0.15, 0.2) is 0 Å². The van der Waals surface area contributed by atoms with Crippen LogP contribution in [-0.4, -0.2) is 45.6 Å². The second-order valence-electron chi connectivity index (χ2n) is 3.24. The summed E-state index contributed by atoms with van der Waals surface area (Å²) in [5.74, 6) is -1.23. The summed E-state index contributed by atoms with van der Waals surface area (Å²) in [6, 6.07) is 0. The van der Waals surface area contributed by atoms with E-state index in [0.717, 1.165) is 0 Å². The van der Waals surface area contributed by atoms with Crippen LogP contribution in [-0.2, 0) is 9.59 Å². The minimum atomic E-state index is -1.49. The molecule has 0 saturated carbocycles. The van der Waals surface area contributed by atoms with Crippen LogP contribution in [0.1, 0.15) is 26.7 Å². The van der Waals surface area contributed by atoms with Gasteiger partial charge in [0.2, 0.25) is 0 Å². The SMILES string of the molecule is CCC(C=O)C(O)O.CCC(C=O)C(O)O. The van der Waals surface area contributed by atoms with E-state index in [2.05, 4.69) is 0 Å². The predicted octanol–water partition coefficient (Wildman–Crippen LogP) is -0.956. The quantitative estimate of drug-likeness (QED) is 0.349. The van der Waals surface area contributed by atoms with Crippen LogP contribution in [0, 0.1) is 11.8 Å². The van der Waals surface area contributed by atoms with Crippen molar-refractivity contribution in [2.24, 2.45) is 11.8 Å². The van der Waals surface area contributed by atoms with Crippen molar-refractivity contribution in [1.29, 1.82) is 0 Å². The maximum absolute atomic E-state index is 9.86. The number of aldehydes is 2. The third-order valence-corrected chi connectivity index (χ3v) is 2.06. The topological polar surface area (TPSA) is 115 Å². The van der Waals surface area contributed by atoms with Gasteiger partial charge in [0.25, 0.3) is 0 Å². The van der Waals surface area contributed by atoms with E-state index >= 15 is 0 Å². The summed E-state index contributed by atoms with van der Waals surface area (Å²) in [5, 5.41) is 33.3. The van der Waals surface area contributed by atoms with Gasteiger partial charge >= 0.3 is 0 Å². The molecule has 4 N–H and O–H groups in total. The zero-order valence-electron chi connectivity index (χ0n) is 9.48. The number of hydrogen-bond donors (Lipinski definition) is 4. The van der Waals surface area contributed by atoms with Crippen molar-refractivity contribution in [1.82, 2.24) is 0 Å². The normalized spacial score (nSPS) is 14.0. The Labute approximate surface area is 94.5 Å². The van der Waals surface area contributed by atoms with E-state index in [0.29, 0.717) is 25.4 Å². The second-order valence-corrected chi connectivity index (χ2v) is 3.24. The number of carbonyl (C=O) groups excluding carboxylic acids is 2.